The van der Waals surface area contributed by atoms with E-state index in [1.54, 1.807) is 22.8 Å². The van der Waals surface area contributed by atoms with Gasteiger partial charge in [0, 0.05) is 46.5 Å². The molecule has 0 unspecified atom stereocenters. The van der Waals surface area contributed by atoms with Gasteiger partial charge in [-0.1, -0.05) is 24.3 Å². The third kappa shape index (κ3) is 6.53. The van der Waals surface area contributed by atoms with Gasteiger partial charge in [0.1, 0.15) is 6.54 Å². The van der Waals surface area contributed by atoms with Crippen LogP contribution in [-0.4, -0.2) is 73.0 Å². The molecule has 1 fully saturated rings. The highest BCUT2D eigenvalue weighted by molar-refractivity contribution is 5.98. The zero-order chi connectivity index (χ0) is 22.1. The predicted molar refractivity (Wildman–Crippen MR) is 120 cm³/mol. The Kier molecular flexibility index (Phi) is 8.43. The van der Waals surface area contributed by atoms with Crippen molar-refractivity contribution in [2.75, 3.05) is 51.4 Å². The summed E-state index contributed by atoms with van der Waals surface area (Å²) in [7, 11) is 3.58. The molecule has 31 heavy (non-hydrogen) atoms. The molecular weight excluding hydrogens is 396 g/mol. The van der Waals surface area contributed by atoms with Crippen LogP contribution in [0.3, 0.4) is 0 Å². The van der Waals surface area contributed by atoms with Crippen molar-refractivity contribution in [2.24, 2.45) is 12.0 Å². The van der Waals surface area contributed by atoms with Crippen LogP contribution in [0, 0.1) is 0 Å². The number of aliphatic imine (C=N–C) groups is 1. The van der Waals surface area contributed by atoms with Crippen LogP contribution < -0.4 is 10.2 Å². The molecule has 0 atom stereocenters. The third-order valence-corrected chi connectivity index (χ3v) is 5.02. The molecule has 0 spiro atoms. The average Bonchev–Trinajstić information content (AvgIpc) is 3.20. The number of rotatable bonds is 9. The molecule has 0 aliphatic carbocycles. The number of aromatic nitrogens is 2. The summed E-state index contributed by atoms with van der Waals surface area (Å²) >= 11 is 0. The Morgan fingerprint density at radius 3 is 2.74 bits per heavy atom. The number of carbonyl (C=O) groups excluding carboxylic acids is 1. The van der Waals surface area contributed by atoms with Crippen molar-refractivity contribution < 1.29 is 14.3 Å². The minimum absolute atomic E-state index is 0.0356. The van der Waals surface area contributed by atoms with Crippen LogP contribution in [0.1, 0.15) is 18.1 Å². The van der Waals surface area contributed by atoms with Crippen LogP contribution >= 0.6 is 0 Å². The second kappa shape index (κ2) is 11.5. The largest absolute Gasteiger partial charge is 0.379 e. The molecule has 0 bridgehead atoms. The van der Waals surface area contributed by atoms with E-state index in [0.717, 1.165) is 22.8 Å². The fourth-order valence-electron chi connectivity index (χ4n) is 3.47. The lowest BCUT2D eigenvalue weighted by molar-refractivity contribution is -0.120. The van der Waals surface area contributed by atoms with Crippen molar-refractivity contribution in [3.8, 4) is 0 Å². The molecule has 1 saturated heterocycles. The average molecular weight is 429 g/mol. The maximum Gasteiger partial charge on any atom is 0.246 e. The first kappa shape index (κ1) is 22.8. The summed E-state index contributed by atoms with van der Waals surface area (Å²) in [6.07, 6.45) is 3.57. The first-order valence-electron chi connectivity index (χ1n) is 10.6. The molecule has 0 saturated carbocycles. The van der Waals surface area contributed by atoms with Crippen LogP contribution in [0.4, 0.5) is 5.69 Å². The van der Waals surface area contributed by atoms with E-state index in [1.807, 2.05) is 31.1 Å². The first-order chi connectivity index (χ1) is 15.1. The van der Waals surface area contributed by atoms with Crippen LogP contribution in [0.15, 0.2) is 41.7 Å². The van der Waals surface area contributed by atoms with Gasteiger partial charge in [0.05, 0.1) is 31.7 Å². The molecule has 2 aromatic rings. The van der Waals surface area contributed by atoms with Gasteiger partial charge >= 0.3 is 0 Å². The van der Waals surface area contributed by atoms with E-state index < -0.39 is 0 Å². The lowest BCUT2D eigenvalue weighted by atomic mass is 10.1. The molecule has 0 radical (unpaired) electrons. The second-order valence-electron chi connectivity index (χ2n) is 7.31. The smallest absolute Gasteiger partial charge is 0.246 e. The molecule has 1 N–H and O–H groups in total. The van der Waals surface area contributed by atoms with Crippen LogP contribution in [0.25, 0.3) is 0 Å². The van der Waals surface area contributed by atoms with Gasteiger partial charge < -0.3 is 24.6 Å². The summed E-state index contributed by atoms with van der Waals surface area (Å²) < 4.78 is 12.6. The van der Waals surface area contributed by atoms with E-state index in [4.69, 9.17) is 9.47 Å². The van der Waals surface area contributed by atoms with Gasteiger partial charge in [-0.05, 0) is 18.1 Å². The Morgan fingerprint density at radius 1 is 1.23 bits per heavy atom. The lowest BCUT2D eigenvalue weighted by Gasteiger charge is -2.35. The summed E-state index contributed by atoms with van der Waals surface area (Å²) in [4.78, 5) is 20.8. The normalized spacial score (nSPS) is 14.9. The van der Waals surface area contributed by atoms with Gasteiger partial charge in [0.15, 0.2) is 5.96 Å². The molecule has 2 heterocycles. The number of amides is 1. The zero-order valence-corrected chi connectivity index (χ0v) is 18.6. The zero-order valence-electron chi connectivity index (χ0n) is 18.6. The lowest BCUT2D eigenvalue weighted by Crippen LogP contribution is -2.55. The minimum atomic E-state index is 0.0356. The second-order valence-corrected chi connectivity index (χ2v) is 7.31. The van der Waals surface area contributed by atoms with Crippen molar-refractivity contribution >= 4 is 17.6 Å². The number of aryl methyl sites for hydroxylation is 1. The number of anilines is 1. The number of piperazine rings is 1. The number of benzene rings is 1. The van der Waals surface area contributed by atoms with Crippen LogP contribution in [-0.2, 0) is 34.5 Å². The number of hydrogen-bond acceptors (Lipinski definition) is 5. The molecule has 1 aliphatic heterocycles. The third-order valence-electron chi connectivity index (χ3n) is 5.02. The quantitative estimate of drug-likeness (QED) is 0.369. The fourth-order valence-corrected chi connectivity index (χ4v) is 3.47. The van der Waals surface area contributed by atoms with Crippen molar-refractivity contribution in [1.82, 2.24) is 20.0 Å². The van der Waals surface area contributed by atoms with Gasteiger partial charge in [-0.2, -0.15) is 5.10 Å². The maximum atomic E-state index is 12.7. The van der Waals surface area contributed by atoms with Crippen molar-refractivity contribution in [2.45, 2.75) is 20.1 Å². The number of hydrogen-bond donors (Lipinski definition) is 1. The van der Waals surface area contributed by atoms with E-state index >= 15 is 0 Å². The fraction of sp³-hybridized carbons (Fsp3) is 0.500. The van der Waals surface area contributed by atoms with E-state index in [-0.39, 0.29) is 12.5 Å². The van der Waals surface area contributed by atoms with Crippen LogP contribution in [0.5, 0.6) is 0 Å². The van der Waals surface area contributed by atoms with Gasteiger partial charge in [-0.3, -0.25) is 14.5 Å². The molecule has 1 amide bonds. The van der Waals surface area contributed by atoms with E-state index in [9.17, 15) is 4.79 Å². The summed E-state index contributed by atoms with van der Waals surface area (Å²) in [5.41, 5.74) is 3.08. The van der Waals surface area contributed by atoms with Gasteiger partial charge in [-0.25, -0.2) is 0 Å². The first-order valence-corrected chi connectivity index (χ1v) is 10.6. The summed E-state index contributed by atoms with van der Waals surface area (Å²) in [6, 6.07) is 8.26. The summed E-state index contributed by atoms with van der Waals surface area (Å²) in [5, 5.41) is 7.53. The Morgan fingerprint density at radius 2 is 2.03 bits per heavy atom. The van der Waals surface area contributed by atoms with Gasteiger partial charge in [0.2, 0.25) is 5.91 Å². The number of nitrogens with one attached hydrogen (secondary N) is 1. The van der Waals surface area contributed by atoms with Gasteiger partial charge in [0.25, 0.3) is 0 Å². The summed E-state index contributed by atoms with van der Waals surface area (Å²) in [6.45, 7) is 6.63. The Balaban J connectivity index is 1.49. The van der Waals surface area contributed by atoms with Crippen molar-refractivity contribution in [1.29, 1.82) is 0 Å². The van der Waals surface area contributed by atoms with Gasteiger partial charge in [-0.15, -0.1) is 0 Å². The number of carbonyl (C=O) groups is 1. The molecule has 3 rings (SSSR count). The van der Waals surface area contributed by atoms with E-state index in [1.165, 1.54) is 0 Å². The Bertz CT molecular complexity index is 882. The Hall–Kier alpha value is -2.91. The van der Waals surface area contributed by atoms with Crippen LogP contribution in [0.2, 0.25) is 0 Å². The summed E-state index contributed by atoms with van der Waals surface area (Å²) in [5.74, 6) is 0.756. The number of guanidine groups is 1. The monoisotopic (exact) mass is 428 g/mol. The maximum absolute atomic E-state index is 12.7. The van der Waals surface area contributed by atoms with E-state index in [2.05, 4.69) is 33.6 Å². The molecule has 1 aromatic carbocycles. The van der Waals surface area contributed by atoms with Crippen molar-refractivity contribution in [3.63, 3.8) is 0 Å². The molecule has 1 aromatic heterocycles. The highest BCUT2D eigenvalue weighted by Crippen LogP contribution is 2.16. The molecule has 168 valence electrons. The Labute approximate surface area is 183 Å². The van der Waals surface area contributed by atoms with E-state index in [0.29, 0.717) is 46.1 Å². The molecular formula is C22H32N6O3. The molecule has 9 heteroatoms. The predicted octanol–water partition coefficient (Wildman–Crippen LogP) is 1.40. The minimum Gasteiger partial charge on any atom is -0.379 e. The number of ether oxygens (including phenoxy) is 2. The highest BCUT2D eigenvalue weighted by Gasteiger charge is 2.27. The SMILES string of the molecule is CCOCCOCc1cccc(CNC(=NC)N2CCN(c3cnn(C)c3)C(=O)C2)c1. The highest BCUT2D eigenvalue weighted by atomic mass is 16.5. The molecule has 1 aliphatic rings. The number of nitrogens with zero attached hydrogens (tertiary/aromatic N) is 5. The molecule has 9 nitrogen and oxygen atoms in total. The standard InChI is InChI=1S/C22H32N6O3/c1-4-30-10-11-31-17-19-7-5-6-18(12-19)13-24-22(23-2)27-8-9-28(21(29)16-27)20-14-25-26(3)15-20/h5-7,12,14-15H,4,8-11,13,16-17H2,1-3H3,(H,23,24). The topological polar surface area (TPSA) is 84.2 Å². The van der Waals surface area contributed by atoms with Crippen molar-refractivity contribution in [3.05, 3.63) is 47.8 Å².